The molecule has 0 unspecified atom stereocenters. The first-order valence-electron chi connectivity index (χ1n) is 10.9. The zero-order chi connectivity index (χ0) is 19.5. The Balaban J connectivity index is 1.57. The van der Waals surface area contributed by atoms with Crippen LogP contribution in [0.15, 0.2) is 24.4 Å². The summed E-state index contributed by atoms with van der Waals surface area (Å²) in [6, 6.07) is 6.03. The summed E-state index contributed by atoms with van der Waals surface area (Å²) in [4.78, 5) is 21.1. The minimum Gasteiger partial charge on any atom is -0.361 e. The number of fused-ring (bicyclic) bond motifs is 1. The van der Waals surface area contributed by atoms with Gasteiger partial charge in [0.1, 0.15) is 0 Å². The maximum Gasteiger partial charge on any atom is 0.223 e. The minimum atomic E-state index is 0.282. The van der Waals surface area contributed by atoms with Gasteiger partial charge in [0, 0.05) is 54.7 Å². The molecule has 2 fully saturated rings. The van der Waals surface area contributed by atoms with Gasteiger partial charge in [-0.2, -0.15) is 0 Å². The van der Waals surface area contributed by atoms with Gasteiger partial charge in [-0.25, -0.2) is 0 Å². The fraction of sp³-hybridized carbons (Fsp3) is 0.609. The molecule has 5 heteroatoms. The maximum atomic E-state index is 13.2. The minimum absolute atomic E-state index is 0.282. The van der Waals surface area contributed by atoms with Crippen molar-refractivity contribution in [1.29, 1.82) is 0 Å². The van der Waals surface area contributed by atoms with Crippen molar-refractivity contribution in [1.82, 2.24) is 14.8 Å². The predicted molar refractivity (Wildman–Crippen MR) is 116 cm³/mol. The van der Waals surface area contributed by atoms with Gasteiger partial charge in [-0.1, -0.05) is 37.8 Å². The van der Waals surface area contributed by atoms with E-state index in [0.717, 1.165) is 43.3 Å². The topological polar surface area (TPSA) is 39.3 Å². The lowest BCUT2D eigenvalue weighted by atomic mass is 9.75. The van der Waals surface area contributed by atoms with Crippen LogP contribution in [0.4, 0.5) is 0 Å². The molecule has 2 aliphatic rings. The molecule has 1 aliphatic heterocycles. The molecule has 152 valence electrons. The maximum absolute atomic E-state index is 13.2. The summed E-state index contributed by atoms with van der Waals surface area (Å²) in [7, 11) is 0. The Bertz CT molecular complexity index is 803. The Labute approximate surface area is 173 Å². The number of aromatic nitrogens is 1. The van der Waals surface area contributed by atoms with Gasteiger partial charge in [0.2, 0.25) is 5.91 Å². The first-order chi connectivity index (χ1) is 13.7. The summed E-state index contributed by atoms with van der Waals surface area (Å²) >= 11 is 6.30. The SMILES string of the molecule is CCN1CCN(C(=O)C[C@H](c2c[nH]c3ccc(Cl)cc23)C2CCCCC2)CC1. The predicted octanol–water partition coefficient (Wildman–Crippen LogP) is 5.04. The lowest BCUT2D eigenvalue weighted by molar-refractivity contribution is -0.133. The van der Waals surface area contributed by atoms with Crippen LogP contribution in [0.5, 0.6) is 0 Å². The highest BCUT2D eigenvalue weighted by molar-refractivity contribution is 6.31. The molecule has 4 rings (SSSR count). The van der Waals surface area contributed by atoms with Gasteiger partial charge in [0.25, 0.3) is 0 Å². The van der Waals surface area contributed by atoms with E-state index in [1.54, 1.807) is 0 Å². The molecular weight excluding hydrogens is 370 g/mol. The van der Waals surface area contributed by atoms with Crippen LogP contribution in [0, 0.1) is 5.92 Å². The second-order valence-corrected chi connectivity index (χ2v) is 8.89. The van der Waals surface area contributed by atoms with Crippen molar-refractivity contribution < 1.29 is 4.79 Å². The number of piperazine rings is 1. The second-order valence-electron chi connectivity index (χ2n) is 8.46. The number of nitrogens with zero attached hydrogens (tertiary/aromatic N) is 2. The average molecular weight is 402 g/mol. The molecule has 28 heavy (non-hydrogen) atoms. The number of nitrogens with one attached hydrogen (secondary N) is 1. The highest BCUT2D eigenvalue weighted by Gasteiger charge is 2.31. The third-order valence-corrected chi connectivity index (χ3v) is 7.10. The highest BCUT2D eigenvalue weighted by Crippen LogP contribution is 2.41. The lowest BCUT2D eigenvalue weighted by Crippen LogP contribution is -2.48. The summed E-state index contributed by atoms with van der Waals surface area (Å²) in [5.74, 6) is 1.19. The van der Waals surface area contributed by atoms with Crippen LogP contribution < -0.4 is 0 Å². The fourth-order valence-corrected chi connectivity index (χ4v) is 5.29. The Kier molecular flexibility index (Phi) is 6.27. The number of likely N-dealkylation sites (N-methyl/N-ethyl adjacent to an activating group) is 1. The molecule has 1 amide bonds. The van der Waals surface area contributed by atoms with Gasteiger partial charge in [-0.15, -0.1) is 0 Å². The van der Waals surface area contributed by atoms with Crippen LogP contribution in [-0.2, 0) is 4.79 Å². The van der Waals surface area contributed by atoms with Crippen molar-refractivity contribution in [2.24, 2.45) is 5.92 Å². The molecule has 0 radical (unpaired) electrons. The number of hydrogen-bond donors (Lipinski definition) is 1. The van der Waals surface area contributed by atoms with Gasteiger partial charge in [-0.05, 0) is 55.0 Å². The normalized spacial score (nSPS) is 20.6. The molecule has 0 spiro atoms. The van der Waals surface area contributed by atoms with E-state index in [0.29, 0.717) is 18.2 Å². The van der Waals surface area contributed by atoms with Gasteiger partial charge in [0.05, 0.1) is 0 Å². The number of rotatable bonds is 5. The first kappa shape index (κ1) is 19.8. The molecule has 1 N–H and O–H groups in total. The lowest BCUT2D eigenvalue weighted by Gasteiger charge is -2.36. The number of aromatic amines is 1. The van der Waals surface area contributed by atoms with Crippen LogP contribution in [0.2, 0.25) is 5.02 Å². The molecule has 1 atom stereocenters. The van der Waals surface area contributed by atoms with E-state index in [-0.39, 0.29) is 5.92 Å². The molecule has 4 nitrogen and oxygen atoms in total. The van der Waals surface area contributed by atoms with Crippen molar-refractivity contribution in [2.75, 3.05) is 32.7 Å². The van der Waals surface area contributed by atoms with E-state index >= 15 is 0 Å². The number of carbonyl (C=O) groups is 1. The number of carbonyl (C=O) groups excluding carboxylic acids is 1. The van der Waals surface area contributed by atoms with E-state index in [9.17, 15) is 4.79 Å². The van der Waals surface area contributed by atoms with Crippen LogP contribution in [0.1, 0.15) is 56.9 Å². The van der Waals surface area contributed by atoms with Crippen LogP contribution in [0.25, 0.3) is 10.9 Å². The molecular formula is C23H32ClN3O. The van der Waals surface area contributed by atoms with E-state index in [4.69, 9.17) is 11.6 Å². The zero-order valence-electron chi connectivity index (χ0n) is 16.9. The highest BCUT2D eigenvalue weighted by atomic mass is 35.5. The summed E-state index contributed by atoms with van der Waals surface area (Å²) < 4.78 is 0. The molecule has 2 heterocycles. The summed E-state index contributed by atoms with van der Waals surface area (Å²) in [6.07, 6.45) is 9.11. The van der Waals surface area contributed by atoms with Crippen molar-refractivity contribution in [2.45, 2.75) is 51.4 Å². The first-order valence-corrected chi connectivity index (χ1v) is 11.3. The summed E-state index contributed by atoms with van der Waals surface area (Å²) in [6.45, 7) is 6.99. The Morgan fingerprint density at radius 3 is 2.64 bits per heavy atom. The molecule has 1 aromatic heterocycles. The standard InChI is InChI=1S/C23H32ClN3O/c1-2-26-10-12-27(13-11-26)23(28)15-19(17-6-4-3-5-7-17)21-16-25-22-9-8-18(24)14-20(21)22/h8-9,14,16-17,19,25H,2-7,10-13,15H2,1H3/t19-/m0/s1. The van der Waals surface area contributed by atoms with Crippen molar-refractivity contribution in [3.05, 3.63) is 35.0 Å². The number of amides is 1. The Morgan fingerprint density at radius 2 is 1.93 bits per heavy atom. The van der Waals surface area contributed by atoms with E-state index in [1.165, 1.54) is 43.1 Å². The molecule has 0 bridgehead atoms. The van der Waals surface area contributed by atoms with Crippen LogP contribution >= 0.6 is 11.6 Å². The largest absolute Gasteiger partial charge is 0.361 e. The van der Waals surface area contributed by atoms with Crippen molar-refractivity contribution in [3.8, 4) is 0 Å². The monoisotopic (exact) mass is 401 g/mol. The molecule has 1 aliphatic carbocycles. The summed E-state index contributed by atoms with van der Waals surface area (Å²) in [5, 5.41) is 1.95. The smallest absolute Gasteiger partial charge is 0.223 e. The van der Waals surface area contributed by atoms with Crippen LogP contribution in [-0.4, -0.2) is 53.4 Å². The average Bonchev–Trinajstić information content (AvgIpc) is 3.15. The number of hydrogen-bond acceptors (Lipinski definition) is 2. The summed E-state index contributed by atoms with van der Waals surface area (Å²) in [5.41, 5.74) is 2.40. The van der Waals surface area contributed by atoms with Crippen molar-refractivity contribution in [3.63, 3.8) is 0 Å². The fourth-order valence-electron chi connectivity index (χ4n) is 5.12. The Morgan fingerprint density at radius 1 is 1.18 bits per heavy atom. The quantitative estimate of drug-likeness (QED) is 0.762. The van der Waals surface area contributed by atoms with Gasteiger partial charge < -0.3 is 14.8 Å². The zero-order valence-corrected chi connectivity index (χ0v) is 17.7. The van der Waals surface area contributed by atoms with Gasteiger partial charge in [-0.3, -0.25) is 4.79 Å². The molecule has 1 saturated heterocycles. The molecule has 1 aromatic carbocycles. The Hall–Kier alpha value is -1.52. The van der Waals surface area contributed by atoms with Crippen LogP contribution in [0.3, 0.4) is 0 Å². The van der Waals surface area contributed by atoms with E-state index < -0.39 is 0 Å². The third-order valence-electron chi connectivity index (χ3n) is 6.86. The number of benzene rings is 1. The van der Waals surface area contributed by atoms with E-state index in [2.05, 4.69) is 34.0 Å². The van der Waals surface area contributed by atoms with Gasteiger partial charge in [0.15, 0.2) is 0 Å². The molecule has 2 aromatic rings. The van der Waals surface area contributed by atoms with Crippen molar-refractivity contribution >= 4 is 28.4 Å². The second kappa shape index (κ2) is 8.87. The van der Waals surface area contributed by atoms with Gasteiger partial charge >= 0.3 is 0 Å². The van der Waals surface area contributed by atoms with E-state index in [1.807, 2.05) is 12.1 Å². The third kappa shape index (κ3) is 4.23. The number of H-pyrrole nitrogens is 1. The molecule has 1 saturated carbocycles. The number of halogens is 1.